The number of amides is 2. The minimum absolute atomic E-state index is 0.0396. The molecular formula is C16H27N3O2. The lowest BCUT2D eigenvalue weighted by Crippen LogP contribution is -2.54. The lowest BCUT2D eigenvalue weighted by Gasteiger charge is -2.41. The quantitative estimate of drug-likeness (QED) is 0.848. The molecule has 2 amide bonds. The third kappa shape index (κ3) is 2.93. The Hall–Kier alpha value is -1.10. The highest BCUT2D eigenvalue weighted by molar-refractivity contribution is 5.80. The predicted molar refractivity (Wildman–Crippen MR) is 80.5 cm³/mol. The van der Waals surface area contributed by atoms with Crippen LogP contribution in [0.15, 0.2) is 0 Å². The number of hydrogen-bond donors (Lipinski definition) is 1. The Kier molecular flexibility index (Phi) is 4.20. The molecule has 1 atom stereocenters. The SMILES string of the molecule is NCC1(CC(=O)N2CCN3C(=O)CCC3C2)CCCCC1. The Bertz CT molecular complexity index is 418. The summed E-state index contributed by atoms with van der Waals surface area (Å²) in [6.45, 7) is 2.76. The van der Waals surface area contributed by atoms with Crippen LogP contribution in [0, 0.1) is 5.41 Å². The smallest absolute Gasteiger partial charge is 0.223 e. The van der Waals surface area contributed by atoms with E-state index in [4.69, 9.17) is 5.73 Å². The number of rotatable bonds is 3. The molecule has 0 spiro atoms. The summed E-state index contributed by atoms with van der Waals surface area (Å²) in [5, 5.41) is 0. The number of hydrogen-bond acceptors (Lipinski definition) is 3. The molecule has 1 aliphatic carbocycles. The Morgan fingerprint density at radius 3 is 2.71 bits per heavy atom. The van der Waals surface area contributed by atoms with Gasteiger partial charge in [-0.05, 0) is 31.2 Å². The molecule has 0 bridgehead atoms. The summed E-state index contributed by atoms with van der Waals surface area (Å²) >= 11 is 0. The molecule has 21 heavy (non-hydrogen) atoms. The van der Waals surface area contributed by atoms with Crippen LogP contribution in [0.4, 0.5) is 0 Å². The topological polar surface area (TPSA) is 66.6 Å². The van der Waals surface area contributed by atoms with E-state index in [0.29, 0.717) is 32.5 Å². The fourth-order valence-corrected chi connectivity index (χ4v) is 4.28. The second-order valence-electron chi connectivity index (χ2n) is 7.06. The van der Waals surface area contributed by atoms with Crippen LogP contribution < -0.4 is 5.73 Å². The maximum atomic E-state index is 12.7. The van der Waals surface area contributed by atoms with E-state index in [-0.39, 0.29) is 23.3 Å². The molecule has 1 unspecified atom stereocenters. The van der Waals surface area contributed by atoms with Crippen LogP contribution in [0.5, 0.6) is 0 Å². The number of nitrogens with zero attached hydrogens (tertiary/aromatic N) is 2. The molecule has 0 aromatic carbocycles. The first kappa shape index (κ1) is 14.8. The molecule has 2 saturated heterocycles. The Balaban J connectivity index is 1.59. The number of carbonyl (C=O) groups excluding carboxylic acids is 2. The lowest BCUT2D eigenvalue weighted by atomic mass is 9.71. The Morgan fingerprint density at radius 2 is 2.00 bits per heavy atom. The van der Waals surface area contributed by atoms with E-state index in [1.54, 1.807) is 0 Å². The van der Waals surface area contributed by atoms with E-state index >= 15 is 0 Å². The standard InChI is InChI=1S/C16H27N3O2/c17-12-16(6-2-1-3-7-16)10-15(21)18-8-9-19-13(11-18)4-5-14(19)20/h13H,1-12,17H2. The van der Waals surface area contributed by atoms with Gasteiger partial charge in [-0.2, -0.15) is 0 Å². The van der Waals surface area contributed by atoms with E-state index in [1.165, 1.54) is 19.3 Å². The van der Waals surface area contributed by atoms with Crippen molar-refractivity contribution in [2.24, 2.45) is 11.1 Å². The van der Waals surface area contributed by atoms with Crippen molar-refractivity contribution in [3.8, 4) is 0 Å². The molecule has 0 aromatic rings. The molecule has 2 heterocycles. The van der Waals surface area contributed by atoms with Gasteiger partial charge in [-0.25, -0.2) is 0 Å². The maximum absolute atomic E-state index is 12.7. The first-order valence-corrected chi connectivity index (χ1v) is 8.41. The van der Waals surface area contributed by atoms with Gasteiger partial charge in [0.05, 0.1) is 0 Å². The van der Waals surface area contributed by atoms with Crippen molar-refractivity contribution < 1.29 is 9.59 Å². The molecule has 3 rings (SSSR count). The third-order valence-electron chi connectivity index (χ3n) is 5.72. The van der Waals surface area contributed by atoms with Gasteiger partial charge >= 0.3 is 0 Å². The van der Waals surface area contributed by atoms with Gasteiger partial charge in [0.25, 0.3) is 0 Å². The summed E-state index contributed by atoms with van der Waals surface area (Å²) in [5.74, 6) is 0.513. The van der Waals surface area contributed by atoms with Crippen molar-refractivity contribution in [3.05, 3.63) is 0 Å². The summed E-state index contributed by atoms with van der Waals surface area (Å²) in [5.41, 5.74) is 6.04. The van der Waals surface area contributed by atoms with Gasteiger partial charge in [0.15, 0.2) is 0 Å². The third-order valence-corrected chi connectivity index (χ3v) is 5.72. The van der Waals surface area contributed by atoms with Gasteiger partial charge in [-0.15, -0.1) is 0 Å². The van der Waals surface area contributed by atoms with E-state index in [9.17, 15) is 9.59 Å². The number of fused-ring (bicyclic) bond motifs is 1. The molecule has 2 aliphatic heterocycles. The number of nitrogens with two attached hydrogens (primary N) is 1. The van der Waals surface area contributed by atoms with Gasteiger partial charge in [-0.3, -0.25) is 9.59 Å². The van der Waals surface area contributed by atoms with Crippen LogP contribution in [0.25, 0.3) is 0 Å². The molecule has 5 heteroatoms. The largest absolute Gasteiger partial charge is 0.339 e. The lowest BCUT2D eigenvalue weighted by molar-refractivity contribution is -0.141. The van der Waals surface area contributed by atoms with Crippen LogP contribution >= 0.6 is 0 Å². The molecule has 3 aliphatic rings. The molecule has 118 valence electrons. The second kappa shape index (κ2) is 5.95. The van der Waals surface area contributed by atoms with Crippen molar-refractivity contribution >= 4 is 11.8 Å². The van der Waals surface area contributed by atoms with Gasteiger partial charge in [0.2, 0.25) is 11.8 Å². The molecule has 1 saturated carbocycles. The van der Waals surface area contributed by atoms with Crippen LogP contribution in [0.1, 0.15) is 51.4 Å². The summed E-state index contributed by atoms with van der Waals surface area (Å²) in [6, 6.07) is 0.260. The van der Waals surface area contributed by atoms with Crippen LogP contribution in [0.3, 0.4) is 0 Å². The highest BCUT2D eigenvalue weighted by Gasteiger charge is 2.39. The van der Waals surface area contributed by atoms with Gasteiger partial charge in [-0.1, -0.05) is 19.3 Å². The van der Waals surface area contributed by atoms with Gasteiger partial charge in [0, 0.05) is 38.5 Å². The van der Waals surface area contributed by atoms with Crippen LogP contribution in [-0.2, 0) is 9.59 Å². The van der Waals surface area contributed by atoms with Crippen molar-refractivity contribution in [1.29, 1.82) is 0 Å². The van der Waals surface area contributed by atoms with Crippen molar-refractivity contribution in [2.75, 3.05) is 26.2 Å². The molecule has 2 N–H and O–H groups in total. The first-order chi connectivity index (χ1) is 10.1. The minimum atomic E-state index is 0.0396. The Labute approximate surface area is 126 Å². The Morgan fingerprint density at radius 1 is 1.24 bits per heavy atom. The normalized spacial score (nSPS) is 28.6. The minimum Gasteiger partial charge on any atom is -0.339 e. The average Bonchev–Trinajstić information content (AvgIpc) is 2.89. The average molecular weight is 293 g/mol. The summed E-state index contributed by atoms with van der Waals surface area (Å²) < 4.78 is 0. The predicted octanol–water partition coefficient (Wildman–Crippen LogP) is 1.12. The zero-order chi connectivity index (χ0) is 14.9. The van der Waals surface area contributed by atoms with Crippen molar-refractivity contribution in [2.45, 2.75) is 57.4 Å². The van der Waals surface area contributed by atoms with Crippen LogP contribution in [-0.4, -0.2) is 53.8 Å². The van der Waals surface area contributed by atoms with E-state index in [0.717, 1.165) is 25.8 Å². The van der Waals surface area contributed by atoms with Crippen molar-refractivity contribution in [1.82, 2.24) is 9.80 Å². The van der Waals surface area contributed by atoms with Crippen LogP contribution in [0.2, 0.25) is 0 Å². The molecule has 0 radical (unpaired) electrons. The van der Waals surface area contributed by atoms with E-state index < -0.39 is 0 Å². The summed E-state index contributed by atoms with van der Waals surface area (Å²) in [6.07, 6.45) is 8.03. The maximum Gasteiger partial charge on any atom is 0.223 e. The fourth-order valence-electron chi connectivity index (χ4n) is 4.28. The van der Waals surface area contributed by atoms with E-state index in [2.05, 4.69) is 0 Å². The zero-order valence-corrected chi connectivity index (χ0v) is 12.9. The molecule has 3 fully saturated rings. The fraction of sp³-hybridized carbons (Fsp3) is 0.875. The van der Waals surface area contributed by atoms with Gasteiger partial charge in [0.1, 0.15) is 0 Å². The van der Waals surface area contributed by atoms with Gasteiger partial charge < -0.3 is 15.5 Å². The second-order valence-corrected chi connectivity index (χ2v) is 7.06. The number of piperazine rings is 1. The van der Waals surface area contributed by atoms with Crippen molar-refractivity contribution in [3.63, 3.8) is 0 Å². The highest BCUT2D eigenvalue weighted by atomic mass is 16.2. The number of carbonyl (C=O) groups is 2. The highest BCUT2D eigenvalue weighted by Crippen LogP contribution is 2.39. The molecular weight excluding hydrogens is 266 g/mol. The molecule has 5 nitrogen and oxygen atoms in total. The van der Waals surface area contributed by atoms with E-state index in [1.807, 2.05) is 9.80 Å². The monoisotopic (exact) mass is 293 g/mol. The first-order valence-electron chi connectivity index (χ1n) is 8.41. The zero-order valence-electron chi connectivity index (χ0n) is 12.9. The summed E-state index contributed by atoms with van der Waals surface area (Å²) in [4.78, 5) is 28.3. The molecule has 0 aromatic heterocycles. The summed E-state index contributed by atoms with van der Waals surface area (Å²) in [7, 11) is 0.